The lowest BCUT2D eigenvalue weighted by atomic mass is 9.93. The summed E-state index contributed by atoms with van der Waals surface area (Å²) >= 11 is 0. The molecule has 6 nitrogen and oxygen atoms in total. The van der Waals surface area contributed by atoms with Crippen LogP contribution in [0.1, 0.15) is 18.4 Å². The van der Waals surface area contributed by atoms with Gasteiger partial charge in [-0.15, -0.1) is 0 Å². The van der Waals surface area contributed by atoms with E-state index in [0.717, 1.165) is 36.0 Å². The molecule has 0 spiro atoms. The number of nitrogens with one attached hydrogen (secondary N) is 2. The normalized spacial score (nSPS) is 17.1. The molecule has 1 atom stereocenters. The molecule has 1 saturated heterocycles. The predicted molar refractivity (Wildman–Crippen MR) is 109 cm³/mol. The predicted octanol–water partition coefficient (Wildman–Crippen LogP) is 3.82. The molecule has 0 radical (unpaired) electrons. The van der Waals surface area contributed by atoms with Crippen LogP contribution >= 0.6 is 0 Å². The largest absolute Gasteiger partial charge is 0.381 e. The lowest BCUT2D eigenvalue weighted by Crippen LogP contribution is -2.24. The first-order chi connectivity index (χ1) is 14.2. The monoisotopic (exact) mass is 392 g/mol. The number of benzene rings is 2. The number of aromatic amines is 2. The number of fused-ring (bicyclic) bond motifs is 1. The average molecular weight is 392 g/mol. The van der Waals surface area contributed by atoms with Gasteiger partial charge in [0, 0.05) is 24.3 Å². The molecule has 2 aromatic carbocycles. The molecule has 0 saturated carbocycles. The van der Waals surface area contributed by atoms with Crippen molar-refractivity contribution < 1.29 is 9.13 Å². The number of halogens is 1. The Kier molecular flexibility index (Phi) is 4.52. The minimum absolute atomic E-state index is 0.144. The van der Waals surface area contributed by atoms with Gasteiger partial charge in [-0.1, -0.05) is 12.1 Å². The zero-order chi connectivity index (χ0) is 19.8. The smallest absolute Gasteiger partial charge is 0.277 e. The third-order valence-corrected chi connectivity index (χ3v) is 5.46. The van der Waals surface area contributed by atoms with Gasteiger partial charge in [0.25, 0.3) is 5.56 Å². The Balaban J connectivity index is 1.62. The quantitative estimate of drug-likeness (QED) is 0.554. The Hall–Kier alpha value is -3.19. The molecule has 0 bridgehead atoms. The van der Waals surface area contributed by atoms with E-state index in [2.05, 4.69) is 15.1 Å². The van der Waals surface area contributed by atoms with E-state index in [-0.39, 0.29) is 17.3 Å². The molecule has 3 heterocycles. The van der Waals surface area contributed by atoms with Gasteiger partial charge in [0.1, 0.15) is 5.82 Å². The first kappa shape index (κ1) is 17.9. The number of aromatic nitrogens is 4. The van der Waals surface area contributed by atoms with E-state index >= 15 is 0 Å². The maximum atomic E-state index is 13.4. The molecule has 1 unspecified atom stereocenters. The second-order valence-corrected chi connectivity index (χ2v) is 7.48. The van der Waals surface area contributed by atoms with E-state index in [4.69, 9.17) is 4.74 Å². The highest BCUT2D eigenvalue weighted by atomic mass is 19.1. The molecule has 29 heavy (non-hydrogen) atoms. The van der Waals surface area contributed by atoms with Crippen LogP contribution in [0.4, 0.5) is 4.39 Å². The third-order valence-electron chi connectivity index (χ3n) is 5.46. The number of H-pyrrole nitrogens is 2. The van der Waals surface area contributed by atoms with Crippen molar-refractivity contribution in [3.05, 3.63) is 70.3 Å². The Morgan fingerprint density at radius 3 is 2.76 bits per heavy atom. The van der Waals surface area contributed by atoms with Crippen molar-refractivity contribution in [3.63, 3.8) is 0 Å². The molecule has 2 aromatic heterocycles. The summed E-state index contributed by atoms with van der Waals surface area (Å²) in [6, 6.07) is 13.8. The fraction of sp³-hybridized carbons (Fsp3) is 0.273. The molecular weight excluding hydrogens is 371 g/mol. The van der Waals surface area contributed by atoms with Crippen LogP contribution in [0.5, 0.6) is 0 Å². The molecule has 148 valence electrons. The van der Waals surface area contributed by atoms with E-state index < -0.39 is 0 Å². The Bertz CT molecular complexity index is 1170. The number of para-hydroxylation sites is 2. The minimum Gasteiger partial charge on any atom is -0.381 e. The minimum atomic E-state index is -0.310. The number of imidazole rings is 1. The van der Waals surface area contributed by atoms with Crippen molar-refractivity contribution in [1.82, 2.24) is 19.7 Å². The molecular formula is C22H21FN4O2. The van der Waals surface area contributed by atoms with Crippen LogP contribution in [0.25, 0.3) is 28.2 Å². The zero-order valence-electron chi connectivity index (χ0n) is 15.8. The fourth-order valence-corrected chi connectivity index (χ4v) is 3.97. The summed E-state index contributed by atoms with van der Waals surface area (Å²) in [5, 5.41) is 3.20. The van der Waals surface area contributed by atoms with Crippen molar-refractivity contribution in [3.8, 4) is 17.2 Å². The highest BCUT2D eigenvalue weighted by molar-refractivity contribution is 5.76. The van der Waals surface area contributed by atoms with Gasteiger partial charge in [-0.05, 0) is 61.6 Å². The van der Waals surface area contributed by atoms with Crippen molar-refractivity contribution >= 4 is 11.0 Å². The average Bonchev–Trinajstić information content (AvgIpc) is 3.31. The van der Waals surface area contributed by atoms with Crippen LogP contribution in [0.3, 0.4) is 0 Å². The summed E-state index contributed by atoms with van der Waals surface area (Å²) in [7, 11) is 0. The summed E-state index contributed by atoms with van der Waals surface area (Å²) in [6.45, 7) is 1.43. The van der Waals surface area contributed by atoms with E-state index in [1.54, 1.807) is 12.1 Å². The van der Waals surface area contributed by atoms with Crippen LogP contribution in [0.15, 0.2) is 53.3 Å². The first-order valence-corrected chi connectivity index (χ1v) is 9.82. The van der Waals surface area contributed by atoms with Gasteiger partial charge < -0.3 is 9.72 Å². The maximum Gasteiger partial charge on any atom is 0.277 e. The van der Waals surface area contributed by atoms with Gasteiger partial charge >= 0.3 is 0 Å². The Morgan fingerprint density at radius 1 is 1.17 bits per heavy atom. The third kappa shape index (κ3) is 3.38. The van der Waals surface area contributed by atoms with Crippen LogP contribution in [0.2, 0.25) is 0 Å². The summed E-state index contributed by atoms with van der Waals surface area (Å²) in [5.74, 6) is 0.413. The summed E-state index contributed by atoms with van der Waals surface area (Å²) < 4.78 is 20.5. The molecule has 7 heteroatoms. The topological polar surface area (TPSA) is 75.7 Å². The lowest BCUT2D eigenvalue weighted by molar-refractivity contribution is 0.0550. The van der Waals surface area contributed by atoms with Crippen molar-refractivity contribution in [2.45, 2.75) is 19.3 Å². The zero-order valence-corrected chi connectivity index (χ0v) is 15.8. The fourth-order valence-electron chi connectivity index (χ4n) is 3.97. The second kappa shape index (κ2) is 7.33. The van der Waals surface area contributed by atoms with E-state index in [9.17, 15) is 9.18 Å². The van der Waals surface area contributed by atoms with Gasteiger partial charge in [0.2, 0.25) is 5.95 Å². The molecule has 1 aliphatic heterocycles. The second-order valence-electron chi connectivity index (χ2n) is 7.48. The first-order valence-electron chi connectivity index (χ1n) is 9.82. The Morgan fingerprint density at radius 2 is 2.00 bits per heavy atom. The van der Waals surface area contributed by atoms with Crippen molar-refractivity contribution in [2.75, 3.05) is 13.2 Å². The highest BCUT2D eigenvalue weighted by Crippen LogP contribution is 2.26. The van der Waals surface area contributed by atoms with Gasteiger partial charge in [-0.3, -0.25) is 9.89 Å². The van der Waals surface area contributed by atoms with Gasteiger partial charge in [-0.25, -0.2) is 9.37 Å². The van der Waals surface area contributed by atoms with Gasteiger partial charge in [-0.2, -0.15) is 4.68 Å². The molecule has 0 aliphatic carbocycles. The van der Waals surface area contributed by atoms with Crippen molar-refractivity contribution in [2.24, 2.45) is 5.92 Å². The molecule has 0 amide bonds. The molecule has 2 N–H and O–H groups in total. The molecule has 1 aliphatic rings. The molecule has 5 rings (SSSR count). The van der Waals surface area contributed by atoms with Crippen LogP contribution in [-0.2, 0) is 11.2 Å². The number of nitrogens with zero attached hydrogens (tertiary/aromatic N) is 2. The molecule has 4 aromatic rings. The Labute approximate surface area is 166 Å². The summed E-state index contributed by atoms with van der Waals surface area (Å²) in [4.78, 5) is 21.1. The number of ether oxygens (including phenoxy) is 1. The van der Waals surface area contributed by atoms with Crippen LogP contribution < -0.4 is 5.56 Å². The number of hydrogen-bond donors (Lipinski definition) is 2. The highest BCUT2D eigenvalue weighted by Gasteiger charge is 2.23. The van der Waals surface area contributed by atoms with E-state index in [1.165, 1.54) is 16.8 Å². The lowest BCUT2D eigenvalue weighted by Gasteiger charge is -2.21. The number of rotatable bonds is 4. The van der Waals surface area contributed by atoms with Crippen molar-refractivity contribution in [1.29, 1.82) is 0 Å². The SMILES string of the molecule is O=c1c(CC2CCCOC2)c(-c2ccc(F)cc2)[nH]n1-c1nc2ccccc2[nH]1. The van der Waals surface area contributed by atoms with Crippen LogP contribution in [0, 0.1) is 11.7 Å². The maximum absolute atomic E-state index is 13.4. The van der Waals surface area contributed by atoms with Gasteiger partial charge in [0.05, 0.1) is 16.7 Å². The van der Waals surface area contributed by atoms with E-state index in [0.29, 0.717) is 30.2 Å². The van der Waals surface area contributed by atoms with Gasteiger partial charge in [0.15, 0.2) is 0 Å². The van der Waals surface area contributed by atoms with E-state index in [1.807, 2.05) is 24.3 Å². The summed E-state index contributed by atoms with van der Waals surface area (Å²) in [6.07, 6.45) is 2.63. The van der Waals surface area contributed by atoms with Crippen LogP contribution in [-0.4, -0.2) is 33.0 Å². The summed E-state index contributed by atoms with van der Waals surface area (Å²) in [5.41, 5.74) is 3.64. The number of hydrogen-bond acceptors (Lipinski definition) is 3. The standard InChI is InChI=1S/C22H21FN4O2/c23-16-9-7-15(8-10-16)20-17(12-14-4-3-11-29-13-14)21(28)27(26-20)22-24-18-5-1-2-6-19(18)25-22/h1-2,5-10,14,26H,3-4,11-13H2,(H,24,25). The molecule has 1 fully saturated rings.